The Bertz CT molecular complexity index is 839. The number of nitrogens with zero attached hydrogens (tertiary/aromatic N) is 2. The minimum atomic E-state index is -0.333. The number of rotatable bonds is 3. The molecule has 3 rings (SSSR count). The van der Waals surface area contributed by atoms with E-state index >= 15 is 0 Å². The van der Waals surface area contributed by atoms with Crippen LogP contribution in [0.25, 0.3) is 10.2 Å². The van der Waals surface area contributed by atoms with E-state index in [4.69, 9.17) is 16.4 Å². The lowest BCUT2D eigenvalue weighted by Crippen LogP contribution is -2.35. The zero-order valence-electron chi connectivity index (χ0n) is 13.0. The Kier molecular flexibility index (Phi) is 3.86. The number of fused-ring (bicyclic) bond motifs is 3. The summed E-state index contributed by atoms with van der Waals surface area (Å²) < 4.78 is 6.82. The maximum absolute atomic E-state index is 12.6. The molecule has 0 radical (unpaired) electrons. The van der Waals surface area contributed by atoms with Gasteiger partial charge in [-0.2, -0.15) is 0 Å². The van der Waals surface area contributed by atoms with Crippen LogP contribution in [0.1, 0.15) is 36.5 Å². The van der Waals surface area contributed by atoms with Crippen molar-refractivity contribution < 1.29 is 9.53 Å². The summed E-state index contributed by atoms with van der Waals surface area (Å²) in [6.45, 7) is 4.46. The summed E-state index contributed by atoms with van der Waals surface area (Å²) in [5, 5.41) is 0.566. The van der Waals surface area contributed by atoms with Crippen molar-refractivity contribution in [3.8, 4) is 0 Å². The van der Waals surface area contributed by atoms with Gasteiger partial charge in [0.25, 0.3) is 5.56 Å². The van der Waals surface area contributed by atoms with Crippen LogP contribution in [0, 0.1) is 0 Å². The summed E-state index contributed by atoms with van der Waals surface area (Å²) in [5.41, 5.74) is 2.42. The van der Waals surface area contributed by atoms with Gasteiger partial charge < -0.3 is 10.6 Å². The Labute approximate surface area is 136 Å². The average molecular weight is 337 g/mol. The highest BCUT2D eigenvalue weighted by molar-refractivity contribution is 7.18. The number of aromatic nitrogens is 2. The molecule has 0 atom stereocenters. The van der Waals surface area contributed by atoms with Crippen LogP contribution in [-0.2, 0) is 29.0 Å². The van der Waals surface area contributed by atoms with Gasteiger partial charge >= 0.3 is 0 Å². The SMILES string of the molecule is CC1(C)Cc2c(sc3nc(CCC(=O)NN)n(N)c(=O)c23)CO1. The summed E-state index contributed by atoms with van der Waals surface area (Å²) in [5.74, 6) is 11.0. The number of aryl methyl sites for hydroxylation is 1. The van der Waals surface area contributed by atoms with Crippen molar-refractivity contribution in [3.63, 3.8) is 0 Å². The van der Waals surface area contributed by atoms with Crippen molar-refractivity contribution in [2.75, 3.05) is 5.84 Å². The fraction of sp³-hybridized carbons (Fsp3) is 0.500. The van der Waals surface area contributed by atoms with E-state index in [1.165, 1.54) is 11.3 Å². The first-order chi connectivity index (χ1) is 10.8. The quantitative estimate of drug-likeness (QED) is 0.409. The topological polar surface area (TPSA) is 125 Å². The van der Waals surface area contributed by atoms with Gasteiger partial charge in [-0.05, 0) is 19.4 Å². The van der Waals surface area contributed by atoms with Crippen LogP contribution in [0.2, 0.25) is 0 Å². The van der Waals surface area contributed by atoms with Crippen LogP contribution in [0.3, 0.4) is 0 Å². The van der Waals surface area contributed by atoms with Crippen LogP contribution in [-0.4, -0.2) is 21.2 Å². The number of carbonyl (C=O) groups is 1. The third-order valence-electron chi connectivity index (χ3n) is 3.95. The normalized spacial score (nSPS) is 16.3. The maximum Gasteiger partial charge on any atom is 0.280 e. The Morgan fingerprint density at radius 1 is 1.52 bits per heavy atom. The van der Waals surface area contributed by atoms with Crippen LogP contribution in [0.15, 0.2) is 4.79 Å². The Morgan fingerprint density at radius 3 is 2.96 bits per heavy atom. The molecule has 3 heterocycles. The third kappa shape index (κ3) is 2.82. The number of nitrogen functional groups attached to an aromatic ring is 1. The molecule has 0 unspecified atom stereocenters. The number of amides is 1. The van der Waals surface area contributed by atoms with Gasteiger partial charge in [-0.3, -0.25) is 15.0 Å². The average Bonchev–Trinajstić information content (AvgIpc) is 2.85. The summed E-state index contributed by atoms with van der Waals surface area (Å²) in [6.07, 6.45) is 1.01. The molecule has 0 saturated heterocycles. The number of nitrogens with two attached hydrogens (primary N) is 2. The van der Waals surface area contributed by atoms with Crippen molar-refractivity contribution in [3.05, 3.63) is 26.6 Å². The number of ether oxygens (including phenoxy) is 1. The van der Waals surface area contributed by atoms with E-state index in [0.717, 1.165) is 15.1 Å². The molecular weight excluding hydrogens is 318 g/mol. The summed E-state index contributed by atoms with van der Waals surface area (Å²) in [6, 6.07) is 0. The van der Waals surface area contributed by atoms with Crippen molar-refractivity contribution >= 4 is 27.5 Å². The molecule has 23 heavy (non-hydrogen) atoms. The van der Waals surface area contributed by atoms with Crippen LogP contribution in [0.4, 0.5) is 0 Å². The summed E-state index contributed by atoms with van der Waals surface area (Å²) in [4.78, 5) is 30.0. The molecule has 0 saturated carbocycles. The molecule has 1 aliphatic heterocycles. The molecule has 0 aromatic carbocycles. The zero-order valence-corrected chi connectivity index (χ0v) is 13.8. The van der Waals surface area contributed by atoms with Gasteiger partial charge in [0, 0.05) is 24.1 Å². The molecule has 9 heteroatoms. The van der Waals surface area contributed by atoms with Crippen LogP contribution in [0.5, 0.6) is 0 Å². The highest BCUT2D eigenvalue weighted by Crippen LogP contribution is 2.36. The molecule has 124 valence electrons. The van der Waals surface area contributed by atoms with Gasteiger partial charge in [-0.1, -0.05) is 0 Å². The Balaban J connectivity index is 2.07. The van der Waals surface area contributed by atoms with Gasteiger partial charge in [0.2, 0.25) is 5.91 Å². The third-order valence-corrected chi connectivity index (χ3v) is 5.05. The van der Waals surface area contributed by atoms with Crippen LogP contribution < -0.4 is 22.7 Å². The zero-order chi connectivity index (χ0) is 16.8. The van der Waals surface area contributed by atoms with E-state index in [2.05, 4.69) is 4.98 Å². The molecule has 1 amide bonds. The molecule has 5 N–H and O–H groups in total. The summed E-state index contributed by atoms with van der Waals surface area (Å²) >= 11 is 1.45. The van der Waals surface area contributed by atoms with Crippen molar-refractivity contribution in [1.82, 2.24) is 15.1 Å². The molecule has 1 aliphatic rings. The minimum absolute atomic E-state index is 0.118. The standard InChI is InChI=1S/C14H19N5O3S/c1-14(2)5-7-8(6-22-14)23-12-11(7)13(21)19(16)9(17-12)3-4-10(20)18-15/h3-6,15-16H2,1-2H3,(H,18,20). The number of carbonyl (C=O) groups excluding carboxylic acids is 1. The highest BCUT2D eigenvalue weighted by Gasteiger charge is 2.31. The predicted octanol–water partition coefficient (Wildman–Crippen LogP) is -0.0544. The Hall–Kier alpha value is -1.97. The maximum atomic E-state index is 12.6. The number of hydrogen-bond acceptors (Lipinski definition) is 7. The van der Waals surface area contributed by atoms with Gasteiger partial charge in [0.1, 0.15) is 10.7 Å². The smallest absolute Gasteiger partial charge is 0.280 e. The lowest BCUT2D eigenvalue weighted by atomic mass is 9.94. The van der Waals surface area contributed by atoms with E-state index in [-0.39, 0.29) is 29.9 Å². The number of hydrogen-bond donors (Lipinski definition) is 3. The van der Waals surface area contributed by atoms with E-state index < -0.39 is 0 Å². The van der Waals surface area contributed by atoms with Gasteiger partial charge in [-0.15, -0.1) is 11.3 Å². The lowest BCUT2D eigenvalue weighted by molar-refractivity contribution is -0.121. The lowest BCUT2D eigenvalue weighted by Gasteiger charge is -2.29. The highest BCUT2D eigenvalue weighted by atomic mass is 32.1. The first-order valence-electron chi connectivity index (χ1n) is 7.27. The van der Waals surface area contributed by atoms with Crippen molar-refractivity contribution in [2.45, 2.75) is 45.3 Å². The van der Waals surface area contributed by atoms with E-state index in [1.54, 1.807) is 0 Å². The molecule has 8 nitrogen and oxygen atoms in total. The van der Waals surface area contributed by atoms with Crippen LogP contribution >= 0.6 is 11.3 Å². The van der Waals surface area contributed by atoms with E-state index in [1.807, 2.05) is 19.3 Å². The first kappa shape index (κ1) is 15.9. The van der Waals surface area contributed by atoms with E-state index in [0.29, 0.717) is 29.1 Å². The second-order valence-corrected chi connectivity index (χ2v) is 7.26. The largest absolute Gasteiger partial charge is 0.370 e. The summed E-state index contributed by atoms with van der Waals surface area (Å²) in [7, 11) is 0. The number of nitrogens with one attached hydrogen (secondary N) is 1. The molecule has 0 aliphatic carbocycles. The number of thiophene rings is 1. The fourth-order valence-electron chi connectivity index (χ4n) is 2.72. The van der Waals surface area contributed by atoms with Crippen molar-refractivity contribution in [2.24, 2.45) is 5.84 Å². The van der Waals surface area contributed by atoms with E-state index in [9.17, 15) is 9.59 Å². The molecule has 2 aromatic heterocycles. The minimum Gasteiger partial charge on any atom is -0.370 e. The molecule has 0 bridgehead atoms. The van der Waals surface area contributed by atoms with Gasteiger partial charge in [0.15, 0.2) is 0 Å². The molecule has 0 spiro atoms. The first-order valence-corrected chi connectivity index (χ1v) is 8.08. The predicted molar refractivity (Wildman–Crippen MR) is 87.3 cm³/mol. The monoisotopic (exact) mass is 337 g/mol. The molecular formula is C14H19N5O3S. The second-order valence-electron chi connectivity index (χ2n) is 6.18. The molecule has 0 fully saturated rings. The fourth-order valence-corrected chi connectivity index (χ4v) is 3.83. The van der Waals surface area contributed by atoms with Gasteiger partial charge in [-0.25, -0.2) is 15.5 Å². The molecule has 2 aromatic rings. The second kappa shape index (κ2) is 5.59. The Morgan fingerprint density at radius 2 is 2.26 bits per heavy atom. The van der Waals surface area contributed by atoms with Gasteiger partial charge in [0.05, 0.1) is 17.6 Å². The number of hydrazine groups is 1. The van der Waals surface area contributed by atoms with Crippen molar-refractivity contribution in [1.29, 1.82) is 0 Å².